The Kier molecular flexibility index (Phi) is 4.14. The van der Waals surface area contributed by atoms with Crippen molar-refractivity contribution in [1.82, 2.24) is 0 Å². The Bertz CT molecular complexity index is 186. The summed E-state index contributed by atoms with van der Waals surface area (Å²) in [5.41, 5.74) is 6.62. The van der Waals surface area contributed by atoms with Gasteiger partial charge in [-0.05, 0) is 12.5 Å². The monoisotopic (exact) mass is 234 g/mol. The summed E-state index contributed by atoms with van der Waals surface area (Å²) < 4.78 is 3.72. The summed E-state index contributed by atoms with van der Waals surface area (Å²) in [5, 5.41) is 0. The van der Waals surface area contributed by atoms with Crippen LogP contribution in [0, 0.1) is 12.3 Å². The summed E-state index contributed by atoms with van der Waals surface area (Å²) in [5.74, 6) is 2.31. The van der Waals surface area contributed by atoms with Gasteiger partial charge in [-0.2, -0.15) is 0 Å². The lowest BCUT2D eigenvalue weighted by Gasteiger charge is -1.90. The number of nitrogens with zero attached hydrogens (tertiary/aromatic N) is 1. The molecule has 0 rings (SSSR count). The molecule has 3 heteroatoms. The maximum Gasteiger partial charge on any atom is 0.0869 e. The van der Waals surface area contributed by atoms with Crippen molar-refractivity contribution in [3.8, 4) is 12.3 Å². The zero-order chi connectivity index (χ0) is 7.28. The van der Waals surface area contributed by atoms with Crippen molar-refractivity contribution in [3.05, 3.63) is 11.3 Å². The number of terminal acetylenes is 1. The fourth-order valence-corrected chi connectivity index (χ4v) is 0.674. The van der Waals surface area contributed by atoms with Gasteiger partial charge in [-0.3, -0.25) is 0 Å². The van der Waals surface area contributed by atoms with Crippen molar-refractivity contribution in [3.63, 3.8) is 0 Å². The number of hydrogen-bond donors (Lipinski definition) is 1. The lowest BCUT2D eigenvalue weighted by molar-refractivity contribution is 1.39. The summed E-state index contributed by atoms with van der Waals surface area (Å²) in [6, 6.07) is 0. The van der Waals surface area contributed by atoms with Crippen LogP contribution in [-0.2, 0) is 0 Å². The molecule has 0 aliphatic heterocycles. The molecule has 0 saturated heterocycles. The summed E-state index contributed by atoms with van der Waals surface area (Å²) >= 11 is 1.86. The smallest absolute Gasteiger partial charge is 0.0869 e. The maximum absolute atomic E-state index is 5.35. The van der Waals surface area contributed by atoms with Crippen molar-refractivity contribution in [2.24, 2.45) is 8.94 Å². The first-order valence-corrected chi connectivity index (χ1v) is 3.26. The average molecular weight is 234 g/mol. The van der Waals surface area contributed by atoms with Gasteiger partial charge in [0, 0.05) is 6.21 Å². The zero-order valence-electron chi connectivity index (χ0n) is 5.06. The minimum atomic E-state index is 0.440. The van der Waals surface area contributed by atoms with E-state index in [4.69, 9.17) is 12.2 Å². The van der Waals surface area contributed by atoms with Crippen molar-refractivity contribution >= 4 is 29.1 Å². The molecule has 0 aromatic rings. The van der Waals surface area contributed by atoms with Crippen molar-refractivity contribution in [2.75, 3.05) is 0 Å². The number of allylic oxidation sites excluding steroid dienone is 2. The van der Waals surface area contributed by atoms with Gasteiger partial charge in [-0.25, -0.2) is 3.21 Å². The van der Waals surface area contributed by atoms with Gasteiger partial charge in [0.05, 0.1) is 28.6 Å². The van der Waals surface area contributed by atoms with Crippen LogP contribution in [0.15, 0.2) is 14.5 Å². The molecular formula is C6H7IN2. The van der Waals surface area contributed by atoms with Crippen molar-refractivity contribution < 1.29 is 0 Å². The van der Waals surface area contributed by atoms with Gasteiger partial charge in [0.2, 0.25) is 0 Å². The standard InChI is InChI=1S/C6H7IN2/c1-3-6(8)5(2)4-9-7/h1,4H,8H2,2H3. The van der Waals surface area contributed by atoms with E-state index in [9.17, 15) is 0 Å². The highest BCUT2D eigenvalue weighted by molar-refractivity contribution is 14.1. The molecule has 9 heavy (non-hydrogen) atoms. The number of rotatable bonds is 1. The molecule has 0 spiro atoms. The maximum atomic E-state index is 5.35. The average Bonchev–Trinajstić information content (AvgIpc) is 1.87. The van der Waals surface area contributed by atoms with E-state index in [1.807, 2.05) is 29.8 Å². The first kappa shape index (κ1) is 8.50. The van der Waals surface area contributed by atoms with Gasteiger partial charge in [0.25, 0.3) is 0 Å². The number of halogens is 1. The normalized spacial score (nSPS) is 13.0. The van der Waals surface area contributed by atoms with Gasteiger partial charge >= 0.3 is 0 Å². The van der Waals surface area contributed by atoms with Crippen molar-refractivity contribution in [1.29, 1.82) is 0 Å². The highest BCUT2D eigenvalue weighted by Crippen LogP contribution is 1.93. The molecule has 0 aromatic carbocycles. The largest absolute Gasteiger partial charge is 0.392 e. The van der Waals surface area contributed by atoms with E-state index in [0.29, 0.717) is 5.70 Å². The second-order valence-electron chi connectivity index (χ2n) is 1.47. The van der Waals surface area contributed by atoms with E-state index in [2.05, 4.69) is 9.13 Å². The molecule has 0 aliphatic rings. The van der Waals surface area contributed by atoms with Gasteiger partial charge in [0.15, 0.2) is 0 Å². The topological polar surface area (TPSA) is 38.4 Å². The lowest BCUT2D eigenvalue weighted by Crippen LogP contribution is -1.97. The van der Waals surface area contributed by atoms with Crippen LogP contribution in [0.25, 0.3) is 0 Å². The van der Waals surface area contributed by atoms with E-state index in [1.165, 1.54) is 0 Å². The number of nitrogens with two attached hydrogens (primary N) is 1. The van der Waals surface area contributed by atoms with E-state index in [-0.39, 0.29) is 0 Å². The van der Waals surface area contributed by atoms with Crippen LogP contribution in [-0.4, -0.2) is 6.21 Å². The molecule has 0 aromatic heterocycles. The van der Waals surface area contributed by atoms with Crippen LogP contribution < -0.4 is 5.73 Å². The van der Waals surface area contributed by atoms with Crippen LogP contribution in [0.2, 0.25) is 0 Å². The second kappa shape index (κ2) is 4.39. The van der Waals surface area contributed by atoms with Gasteiger partial charge in [-0.1, -0.05) is 5.92 Å². The fourth-order valence-electron chi connectivity index (χ4n) is 0.257. The fraction of sp³-hybridized carbons (Fsp3) is 0.167. The first-order valence-electron chi connectivity index (χ1n) is 2.29. The molecular weight excluding hydrogens is 227 g/mol. The Hall–Kier alpha value is -0.500. The predicted molar refractivity (Wildman–Crippen MR) is 48.2 cm³/mol. The molecule has 0 saturated carbocycles. The van der Waals surface area contributed by atoms with Crippen LogP contribution in [0.1, 0.15) is 6.92 Å². The second-order valence-corrected chi connectivity index (χ2v) is 2.02. The van der Waals surface area contributed by atoms with Crippen LogP contribution >= 0.6 is 22.9 Å². The molecule has 2 nitrogen and oxygen atoms in total. The molecule has 0 amide bonds. The third kappa shape index (κ3) is 3.14. The van der Waals surface area contributed by atoms with Gasteiger partial charge in [-0.15, -0.1) is 6.42 Å². The molecule has 2 N–H and O–H groups in total. The van der Waals surface area contributed by atoms with E-state index < -0.39 is 0 Å². The summed E-state index contributed by atoms with van der Waals surface area (Å²) in [7, 11) is 0. The summed E-state index contributed by atoms with van der Waals surface area (Å²) in [6.45, 7) is 1.82. The third-order valence-electron chi connectivity index (χ3n) is 0.823. The Balaban J connectivity index is 4.34. The highest BCUT2D eigenvalue weighted by Gasteiger charge is 1.86. The third-order valence-corrected chi connectivity index (χ3v) is 1.10. The van der Waals surface area contributed by atoms with E-state index >= 15 is 0 Å². The van der Waals surface area contributed by atoms with Crippen LogP contribution in [0.5, 0.6) is 0 Å². The summed E-state index contributed by atoms with van der Waals surface area (Å²) in [6.07, 6.45) is 6.63. The first-order chi connectivity index (χ1) is 4.22. The quantitative estimate of drug-likeness (QED) is 0.414. The molecule has 0 radical (unpaired) electrons. The Morgan fingerprint density at radius 3 is 2.78 bits per heavy atom. The van der Waals surface area contributed by atoms with Gasteiger partial charge < -0.3 is 5.73 Å². The SMILES string of the molecule is C#CC(N)=C(C)C=NI. The molecule has 0 bridgehead atoms. The lowest BCUT2D eigenvalue weighted by atomic mass is 10.2. The molecule has 0 aliphatic carbocycles. The minimum absolute atomic E-state index is 0.440. The predicted octanol–water partition coefficient (Wildman–Crippen LogP) is 1.27. The summed E-state index contributed by atoms with van der Waals surface area (Å²) in [4.78, 5) is 0. The van der Waals surface area contributed by atoms with Crippen LogP contribution in [0.3, 0.4) is 0 Å². The van der Waals surface area contributed by atoms with Gasteiger partial charge in [0.1, 0.15) is 0 Å². The molecule has 0 atom stereocenters. The minimum Gasteiger partial charge on any atom is -0.392 e. The van der Waals surface area contributed by atoms with E-state index in [1.54, 1.807) is 6.21 Å². The van der Waals surface area contributed by atoms with E-state index in [0.717, 1.165) is 5.57 Å². The Labute approximate surface area is 68.7 Å². The molecule has 0 heterocycles. The zero-order valence-corrected chi connectivity index (χ0v) is 7.21. The Morgan fingerprint density at radius 1 is 1.89 bits per heavy atom. The molecule has 48 valence electrons. The Morgan fingerprint density at radius 2 is 2.44 bits per heavy atom. The number of hydrogen-bond acceptors (Lipinski definition) is 2. The van der Waals surface area contributed by atoms with Crippen LogP contribution in [0.4, 0.5) is 0 Å². The molecule has 0 fully saturated rings. The van der Waals surface area contributed by atoms with Crippen molar-refractivity contribution in [2.45, 2.75) is 6.92 Å². The molecule has 0 unspecified atom stereocenters. The highest BCUT2D eigenvalue weighted by atomic mass is 127.